The van der Waals surface area contributed by atoms with E-state index in [-0.39, 0.29) is 17.4 Å². The van der Waals surface area contributed by atoms with Crippen molar-refractivity contribution in [3.63, 3.8) is 0 Å². The molecule has 0 aliphatic heterocycles. The number of carbonyl (C=O) groups excluding carboxylic acids is 1. The van der Waals surface area contributed by atoms with Gasteiger partial charge in [0, 0.05) is 12.2 Å². The van der Waals surface area contributed by atoms with Gasteiger partial charge in [-0.25, -0.2) is 4.98 Å². The molecule has 0 N–H and O–H groups in total. The first-order valence-electron chi connectivity index (χ1n) is 8.26. The normalized spacial score (nSPS) is 12.2. The van der Waals surface area contributed by atoms with Gasteiger partial charge in [0.1, 0.15) is 5.78 Å². The molecule has 25 heavy (non-hydrogen) atoms. The Morgan fingerprint density at radius 3 is 2.52 bits per heavy atom. The fourth-order valence-electron chi connectivity index (χ4n) is 2.74. The first-order valence-corrected chi connectivity index (χ1v) is 9.25. The lowest BCUT2D eigenvalue weighted by atomic mass is 10.1. The Morgan fingerprint density at radius 2 is 1.80 bits per heavy atom. The Balaban J connectivity index is 2.11. The SMILES string of the molecule is CC(=O)CCSc1nc2ccccc2c(=O)n1[C@@H](C)c1ccccc1. The quantitative estimate of drug-likeness (QED) is 0.495. The zero-order valence-corrected chi connectivity index (χ0v) is 15.1. The van der Waals surface area contributed by atoms with E-state index in [1.54, 1.807) is 11.5 Å². The van der Waals surface area contributed by atoms with Gasteiger partial charge >= 0.3 is 0 Å². The molecule has 4 nitrogen and oxygen atoms in total. The molecule has 0 aliphatic rings. The summed E-state index contributed by atoms with van der Waals surface area (Å²) < 4.78 is 1.74. The van der Waals surface area contributed by atoms with Gasteiger partial charge in [0.05, 0.1) is 16.9 Å². The summed E-state index contributed by atoms with van der Waals surface area (Å²) in [7, 11) is 0. The van der Waals surface area contributed by atoms with Crippen molar-refractivity contribution < 1.29 is 4.79 Å². The molecule has 0 aliphatic carbocycles. The van der Waals surface area contributed by atoms with Crippen LogP contribution in [0.5, 0.6) is 0 Å². The van der Waals surface area contributed by atoms with Crippen LogP contribution < -0.4 is 5.56 Å². The highest BCUT2D eigenvalue weighted by Crippen LogP contribution is 2.25. The fourth-order valence-corrected chi connectivity index (χ4v) is 3.85. The van der Waals surface area contributed by atoms with Gasteiger partial charge in [-0.2, -0.15) is 0 Å². The largest absolute Gasteiger partial charge is 0.300 e. The van der Waals surface area contributed by atoms with Crippen molar-refractivity contribution in [1.82, 2.24) is 9.55 Å². The van der Waals surface area contributed by atoms with Gasteiger partial charge < -0.3 is 0 Å². The first kappa shape index (κ1) is 17.4. The van der Waals surface area contributed by atoms with Crippen molar-refractivity contribution in [1.29, 1.82) is 0 Å². The number of fused-ring (bicyclic) bond motifs is 1. The van der Waals surface area contributed by atoms with E-state index in [4.69, 9.17) is 4.98 Å². The van der Waals surface area contributed by atoms with Crippen LogP contribution in [0, 0.1) is 0 Å². The van der Waals surface area contributed by atoms with Crippen molar-refractivity contribution >= 4 is 28.4 Å². The van der Waals surface area contributed by atoms with E-state index in [1.807, 2.05) is 61.5 Å². The van der Waals surface area contributed by atoms with Gasteiger partial charge in [0.2, 0.25) is 0 Å². The zero-order valence-electron chi connectivity index (χ0n) is 14.3. The average Bonchev–Trinajstić information content (AvgIpc) is 2.62. The summed E-state index contributed by atoms with van der Waals surface area (Å²) in [5.74, 6) is 0.750. The molecule has 1 aromatic heterocycles. The molecule has 0 spiro atoms. The second-order valence-corrected chi connectivity index (χ2v) is 7.04. The maximum atomic E-state index is 13.1. The van der Waals surface area contributed by atoms with E-state index in [2.05, 4.69) is 0 Å². The lowest BCUT2D eigenvalue weighted by Crippen LogP contribution is -2.27. The lowest BCUT2D eigenvalue weighted by molar-refractivity contribution is -0.116. The van der Waals surface area contributed by atoms with Crippen molar-refractivity contribution in [2.24, 2.45) is 0 Å². The molecule has 2 aromatic carbocycles. The number of benzene rings is 2. The van der Waals surface area contributed by atoms with Crippen LogP contribution in [0.4, 0.5) is 0 Å². The maximum Gasteiger partial charge on any atom is 0.262 e. The van der Waals surface area contributed by atoms with Crippen molar-refractivity contribution in [3.8, 4) is 0 Å². The minimum Gasteiger partial charge on any atom is -0.300 e. The minimum absolute atomic E-state index is 0.0488. The molecule has 3 aromatic rings. The molecule has 0 amide bonds. The molecular weight excluding hydrogens is 332 g/mol. The second-order valence-electron chi connectivity index (χ2n) is 5.97. The second kappa shape index (κ2) is 7.66. The van der Waals surface area contributed by atoms with Crippen LogP contribution in [-0.4, -0.2) is 21.1 Å². The van der Waals surface area contributed by atoms with Crippen LogP contribution >= 0.6 is 11.8 Å². The number of thioether (sulfide) groups is 1. The number of aromatic nitrogens is 2. The zero-order chi connectivity index (χ0) is 17.8. The van der Waals surface area contributed by atoms with E-state index in [9.17, 15) is 9.59 Å². The highest BCUT2D eigenvalue weighted by atomic mass is 32.2. The third kappa shape index (κ3) is 3.82. The van der Waals surface area contributed by atoms with Gasteiger partial charge in [-0.1, -0.05) is 54.2 Å². The number of ketones is 1. The number of hydrogen-bond donors (Lipinski definition) is 0. The summed E-state index contributed by atoms with van der Waals surface area (Å²) in [6.07, 6.45) is 0.465. The Morgan fingerprint density at radius 1 is 1.12 bits per heavy atom. The summed E-state index contributed by atoms with van der Waals surface area (Å²) in [4.78, 5) is 29.0. The van der Waals surface area contributed by atoms with Crippen LogP contribution in [0.1, 0.15) is 31.9 Å². The van der Waals surface area contributed by atoms with E-state index in [0.717, 1.165) is 5.56 Å². The van der Waals surface area contributed by atoms with Crippen LogP contribution in [0.25, 0.3) is 10.9 Å². The Labute approximate surface area is 150 Å². The highest BCUT2D eigenvalue weighted by Gasteiger charge is 2.17. The third-order valence-electron chi connectivity index (χ3n) is 4.13. The van der Waals surface area contributed by atoms with E-state index < -0.39 is 0 Å². The predicted octanol–water partition coefficient (Wildman–Crippen LogP) is 4.08. The van der Waals surface area contributed by atoms with E-state index in [0.29, 0.717) is 28.2 Å². The lowest BCUT2D eigenvalue weighted by Gasteiger charge is -2.20. The molecule has 0 unspecified atom stereocenters. The summed E-state index contributed by atoms with van der Waals surface area (Å²) in [6.45, 7) is 3.58. The van der Waals surface area contributed by atoms with Crippen LogP contribution in [0.2, 0.25) is 0 Å². The number of nitrogens with zero attached hydrogens (tertiary/aromatic N) is 2. The number of carbonyl (C=O) groups is 1. The minimum atomic E-state index is -0.134. The topological polar surface area (TPSA) is 52.0 Å². The van der Waals surface area contributed by atoms with Gasteiger partial charge in [-0.05, 0) is 31.5 Å². The van der Waals surface area contributed by atoms with Crippen LogP contribution in [0.15, 0.2) is 64.5 Å². The van der Waals surface area contributed by atoms with Crippen molar-refractivity contribution in [3.05, 3.63) is 70.5 Å². The number of hydrogen-bond acceptors (Lipinski definition) is 4. The molecule has 0 fully saturated rings. The number of para-hydroxylation sites is 1. The molecule has 5 heteroatoms. The highest BCUT2D eigenvalue weighted by molar-refractivity contribution is 7.99. The first-order chi connectivity index (χ1) is 12.1. The van der Waals surface area contributed by atoms with Gasteiger partial charge in [-0.15, -0.1) is 0 Å². The van der Waals surface area contributed by atoms with Crippen LogP contribution in [0.3, 0.4) is 0 Å². The average molecular weight is 352 g/mol. The van der Waals surface area contributed by atoms with Crippen molar-refractivity contribution in [2.75, 3.05) is 5.75 Å². The number of rotatable bonds is 6. The van der Waals surface area contributed by atoms with Gasteiger partial charge in [-0.3, -0.25) is 14.2 Å². The van der Waals surface area contributed by atoms with Gasteiger partial charge in [0.25, 0.3) is 5.56 Å². The Hall–Kier alpha value is -2.40. The molecule has 128 valence electrons. The third-order valence-corrected chi connectivity index (χ3v) is 5.08. The summed E-state index contributed by atoms with van der Waals surface area (Å²) in [5.41, 5.74) is 1.69. The Kier molecular flexibility index (Phi) is 5.34. The monoisotopic (exact) mass is 352 g/mol. The molecule has 0 radical (unpaired) electrons. The molecule has 0 saturated heterocycles. The standard InChI is InChI=1S/C20H20N2O2S/c1-14(23)12-13-25-20-21-18-11-7-6-10-17(18)19(24)22(20)15(2)16-8-4-3-5-9-16/h3-11,15H,12-13H2,1-2H3/t15-/m0/s1. The van der Waals surface area contributed by atoms with Gasteiger partial charge in [0.15, 0.2) is 5.16 Å². The van der Waals surface area contributed by atoms with E-state index in [1.165, 1.54) is 11.8 Å². The molecule has 3 rings (SSSR count). The Bertz CT molecular complexity index is 951. The molecule has 1 heterocycles. The predicted molar refractivity (Wildman–Crippen MR) is 102 cm³/mol. The molecule has 0 bridgehead atoms. The fraction of sp³-hybridized carbons (Fsp3) is 0.250. The van der Waals surface area contributed by atoms with E-state index >= 15 is 0 Å². The molecule has 0 saturated carbocycles. The maximum absolute atomic E-state index is 13.1. The van der Waals surface area contributed by atoms with Crippen molar-refractivity contribution in [2.45, 2.75) is 31.5 Å². The smallest absolute Gasteiger partial charge is 0.262 e. The molecule has 1 atom stereocenters. The summed E-state index contributed by atoms with van der Waals surface area (Å²) >= 11 is 1.46. The molecular formula is C20H20N2O2S. The summed E-state index contributed by atoms with van der Waals surface area (Å²) in [5, 5.41) is 1.27. The van der Waals surface area contributed by atoms with Crippen LogP contribution in [-0.2, 0) is 4.79 Å². The number of Topliss-reactive ketones (excluding diaryl/α,β-unsaturated/α-hetero) is 1. The summed E-state index contributed by atoms with van der Waals surface area (Å²) in [6, 6.07) is 17.2.